The average molecular weight is 252 g/mol. The van der Waals surface area contributed by atoms with Crippen LogP contribution in [-0.4, -0.2) is 16.1 Å². The van der Waals surface area contributed by atoms with Crippen LogP contribution in [0.2, 0.25) is 0 Å². The van der Waals surface area contributed by atoms with Gasteiger partial charge < -0.3 is 11.1 Å². The van der Waals surface area contributed by atoms with Crippen molar-refractivity contribution in [2.45, 2.75) is 39.7 Å². The summed E-state index contributed by atoms with van der Waals surface area (Å²) in [5.41, 5.74) is 5.60. The molecule has 18 heavy (non-hydrogen) atoms. The van der Waals surface area contributed by atoms with Gasteiger partial charge in [0.2, 0.25) is 0 Å². The smallest absolute Gasteiger partial charge is 0.330 e. The van der Waals surface area contributed by atoms with E-state index in [-0.39, 0.29) is 5.82 Å². The summed E-state index contributed by atoms with van der Waals surface area (Å²) in [6.07, 6.45) is 3.45. The number of nitrogens with zero attached hydrogens (tertiary/aromatic N) is 1. The van der Waals surface area contributed by atoms with Crippen molar-refractivity contribution in [3.8, 4) is 0 Å². The number of aromatic amines is 1. The number of nitrogen functional groups attached to an aromatic ring is 1. The Morgan fingerprint density at radius 1 is 1.39 bits per heavy atom. The molecule has 0 aliphatic heterocycles. The Morgan fingerprint density at radius 3 is 2.56 bits per heavy atom. The highest BCUT2D eigenvalue weighted by Crippen LogP contribution is 2.48. The van der Waals surface area contributed by atoms with Crippen molar-refractivity contribution >= 4 is 11.5 Å². The molecule has 1 saturated carbocycles. The van der Waals surface area contributed by atoms with E-state index >= 15 is 0 Å². The molecule has 6 heteroatoms. The van der Waals surface area contributed by atoms with Gasteiger partial charge in [0, 0.05) is 13.1 Å². The molecule has 1 fully saturated rings. The second kappa shape index (κ2) is 4.51. The van der Waals surface area contributed by atoms with Gasteiger partial charge in [-0.3, -0.25) is 14.3 Å². The van der Waals surface area contributed by atoms with E-state index in [9.17, 15) is 9.59 Å². The van der Waals surface area contributed by atoms with Crippen LogP contribution < -0.4 is 22.3 Å². The van der Waals surface area contributed by atoms with Gasteiger partial charge in [-0.25, -0.2) is 4.79 Å². The van der Waals surface area contributed by atoms with Gasteiger partial charge in [0.15, 0.2) is 0 Å². The topological polar surface area (TPSA) is 92.9 Å². The zero-order chi connectivity index (χ0) is 13.3. The standard InChI is InChI=1S/C12H20N4O2/c1-3-12(5-6-12)7-14-8-9(13)16(4-2)11(18)15-10(8)17/h14H,3-7,13H2,1-2H3,(H,15,17,18). The largest absolute Gasteiger partial charge is 0.383 e. The summed E-state index contributed by atoms with van der Waals surface area (Å²) < 4.78 is 1.36. The van der Waals surface area contributed by atoms with E-state index in [2.05, 4.69) is 17.2 Å². The van der Waals surface area contributed by atoms with Crippen molar-refractivity contribution in [3.05, 3.63) is 20.8 Å². The monoisotopic (exact) mass is 252 g/mol. The highest BCUT2D eigenvalue weighted by atomic mass is 16.2. The molecule has 0 bridgehead atoms. The van der Waals surface area contributed by atoms with Crippen LogP contribution in [0.3, 0.4) is 0 Å². The summed E-state index contributed by atoms with van der Waals surface area (Å²) in [4.78, 5) is 25.5. The minimum atomic E-state index is -0.456. The van der Waals surface area contributed by atoms with E-state index in [0.29, 0.717) is 17.6 Å². The minimum Gasteiger partial charge on any atom is -0.383 e. The molecule has 1 aromatic rings. The summed E-state index contributed by atoms with van der Waals surface area (Å²) in [5, 5.41) is 3.11. The van der Waals surface area contributed by atoms with E-state index in [4.69, 9.17) is 5.73 Å². The maximum Gasteiger partial charge on any atom is 0.330 e. The molecule has 0 atom stereocenters. The number of rotatable bonds is 5. The fraction of sp³-hybridized carbons (Fsp3) is 0.667. The van der Waals surface area contributed by atoms with Crippen molar-refractivity contribution in [1.82, 2.24) is 9.55 Å². The van der Waals surface area contributed by atoms with Crippen molar-refractivity contribution in [1.29, 1.82) is 0 Å². The molecule has 1 aliphatic rings. The molecule has 2 rings (SSSR count). The molecule has 0 unspecified atom stereocenters. The van der Waals surface area contributed by atoms with Gasteiger partial charge >= 0.3 is 5.69 Å². The van der Waals surface area contributed by atoms with Gasteiger partial charge in [0.25, 0.3) is 5.56 Å². The van der Waals surface area contributed by atoms with Crippen LogP contribution in [0.4, 0.5) is 11.5 Å². The third-order valence-electron chi connectivity index (χ3n) is 3.90. The SMILES string of the molecule is CCn1c(N)c(NCC2(CC)CC2)c(=O)[nH]c1=O. The molecular formula is C12H20N4O2. The van der Waals surface area contributed by atoms with E-state index in [1.807, 2.05) is 6.92 Å². The summed E-state index contributed by atoms with van der Waals surface area (Å²) in [6, 6.07) is 0. The lowest BCUT2D eigenvalue weighted by Gasteiger charge is -2.16. The van der Waals surface area contributed by atoms with Crippen LogP contribution in [0.1, 0.15) is 33.1 Å². The molecule has 1 heterocycles. The van der Waals surface area contributed by atoms with Crippen molar-refractivity contribution < 1.29 is 0 Å². The number of nitrogens with two attached hydrogens (primary N) is 1. The van der Waals surface area contributed by atoms with Gasteiger partial charge in [-0.05, 0) is 31.6 Å². The van der Waals surface area contributed by atoms with Crippen molar-refractivity contribution in [2.24, 2.45) is 5.41 Å². The van der Waals surface area contributed by atoms with Crippen LogP contribution in [0, 0.1) is 5.41 Å². The molecule has 1 aliphatic carbocycles. The lowest BCUT2D eigenvalue weighted by Crippen LogP contribution is -2.34. The van der Waals surface area contributed by atoms with Gasteiger partial charge in [-0.15, -0.1) is 0 Å². The molecule has 0 amide bonds. The molecule has 0 radical (unpaired) electrons. The molecular weight excluding hydrogens is 232 g/mol. The first-order valence-corrected chi connectivity index (χ1v) is 6.39. The molecule has 6 nitrogen and oxygen atoms in total. The fourth-order valence-electron chi connectivity index (χ4n) is 2.18. The Balaban J connectivity index is 2.27. The second-order valence-corrected chi connectivity index (χ2v) is 4.97. The number of H-pyrrole nitrogens is 1. The highest BCUT2D eigenvalue weighted by Gasteiger charge is 2.40. The Kier molecular flexibility index (Phi) is 3.19. The lowest BCUT2D eigenvalue weighted by molar-refractivity contribution is 0.521. The van der Waals surface area contributed by atoms with Crippen LogP contribution in [0.25, 0.3) is 0 Å². The predicted octanol–water partition coefficient (Wildman–Crippen LogP) is 0.741. The average Bonchev–Trinajstić information content (AvgIpc) is 3.09. The third-order valence-corrected chi connectivity index (χ3v) is 3.90. The second-order valence-electron chi connectivity index (χ2n) is 4.97. The maximum absolute atomic E-state index is 11.7. The quantitative estimate of drug-likeness (QED) is 0.720. The first-order chi connectivity index (χ1) is 8.53. The predicted molar refractivity (Wildman–Crippen MR) is 71.9 cm³/mol. The Morgan fingerprint density at radius 2 is 2.06 bits per heavy atom. The number of aromatic nitrogens is 2. The normalized spacial score (nSPS) is 16.6. The molecule has 0 spiro atoms. The van der Waals surface area contributed by atoms with Gasteiger partial charge in [0.05, 0.1) is 0 Å². The summed E-state index contributed by atoms with van der Waals surface area (Å²) in [6.45, 7) is 5.14. The van der Waals surface area contributed by atoms with E-state index in [1.165, 1.54) is 17.4 Å². The minimum absolute atomic E-state index is 0.221. The van der Waals surface area contributed by atoms with E-state index in [1.54, 1.807) is 0 Å². The summed E-state index contributed by atoms with van der Waals surface area (Å²) in [7, 11) is 0. The van der Waals surface area contributed by atoms with Crippen LogP contribution in [0.15, 0.2) is 9.59 Å². The fourth-order valence-corrected chi connectivity index (χ4v) is 2.18. The van der Waals surface area contributed by atoms with Crippen LogP contribution in [0.5, 0.6) is 0 Å². The molecule has 0 saturated heterocycles. The summed E-state index contributed by atoms with van der Waals surface area (Å²) >= 11 is 0. The molecule has 4 N–H and O–H groups in total. The van der Waals surface area contributed by atoms with Crippen LogP contribution in [-0.2, 0) is 6.54 Å². The van der Waals surface area contributed by atoms with E-state index < -0.39 is 11.2 Å². The third kappa shape index (κ3) is 2.14. The highest BCUT2D eigenvalue weighted by molar-refractivity contribution is 5.60. The lowest BCUT2D eigenvalue weighted by atomic mass is 10.0. The number of hydrogen-bond acceptors (Lipinski definition) is 4. The Hall–Kier alpha value is -1.72. The van der Waals surface area contributed by atoms with Crippen molar-refractivity contribution in [3.63, 3.8) is 0 Å². The molecule has 100 valence electrons. The van der Waals surface area contributed by atoms with Gasteiger partial charge in [-0.1, -0.05) is 6.92 Å². The zero-order valence-corrected chi connectivity index (χ0v) is 10.9. The molecule has 1 aromatic heterocycles. The number of nitrogens with one attached hydrogen (secondary N) is 2. The summed E-state index contributed by atoms with van der Waals surface area (Å²) in [5.74, 6) is 0.221. The number of anilines is 2. The van der Waals surface area contributed by atoms with Crippen molar-refractivity contribution in [2.75, 3.05) is 17.6 Å². The first-order valence-electron chi connectivity index (χ1n) is 6.39. The van der Waals surface area contributed by atoms with E-state index in [0.717, 1.165) is 13.0 Å². The first kappa shape index (κ1) is 12.7. The van der Waals surface area contributed by atoms with Gasteiger partial charge in [-0.2, -0.15) is 0 Å². The van der Waals surface area contributed by atoms with Gasteiger partial charge in [0.1, 0.15) is 11.5 Å². The maximum atomic E-state index is 11.7. The Bertz CT molecular complexity index is 554. The Labute approximate surface area is 105 Å². The number of hydrogen-bond donors (Lipinski definition) is 3. The van der Waals surface area contributed by atoms with Crippen LogP contribution >= 0.6 is 0 Å². The molecule has 0 aromatic carbocycles. The zero-order valence-electron chi connectivity index (χ0n) is 10.9.